The fourth-order valence-electron chi connectivity index (χ4n) is 4.39. The summed E-state index contributed by atoms with van der Waals surface area (Å²) in [4.78, 5) is 27.6. The lowest BCUT2D eigenvalue weighted by atomic mass is 10.1. The van der Waals surface area contributed by atoms with Crippen molar-refractivity contribution in [1.82, 2.24) is 9.29 Å². The molecule has 1 fully saturated rings. The van der Waals surface area contributed by atoms with E-state index in [2.05, 4.69) is 9.72 Å². The first-order valence-electron chi connectivity index (χ1n) is 11.6. The predicted octanol–water partition coefficient (Wildman–Crippen LogP) is 2.46. The van der Waals surface area contributed by atoms with E-state index in [0.29, 0.717) is 42.2 Å². The summed E-state index contributed by atoms with van der Waals surface area (Å²) in [5, 5.41) is 0.700. The van der Waals surface area contributed by atoms with E-state index < -0.39 is 21.6 Å². The number of pyridine rings is 1. The number of esters is 1. The molecule has 2 aliphatic heterocycles. The van der Waals surface area contributed by atoms with Crippen molar-refractivity contribution in [1.29, 1.82) is 0 Å². The molecule has 1 N–H and O–H groups in total. The molecule has 0 spiro atoms. The van der Waals surface area contributed by atoms with E-state index in [1.807, 2.05) is 0 Å². The molecule has 10 nitrogen and oxygen atoms in total. The second-order valence-electron chi connectivity index (χ2n) is 8.66. The van der Waals surface area contributed by atoms with Crippen molar-refractivity contribution in [3.05, 3.63) is 63.9 Å². The Morgan fingerprint density at radius 2 is 1.81 bits per heavy atom. The fourth-order valence-corrected chi connectivity index (χ4v) is 5.84. The van der Waals surface area contributed by atoms with Gasteiger partial charge in [0.05, 0.1) is 29.2 Å². The molecule has 36 heavy (non-hydrogen) atoms. The normalized spacial score (nSPS) is 17.4. The maximum atomic E-state index is 13.6. The van der Waals surface area contributed by atoms with Crippen LogP contribution in [0.1, 0.15) is 28.8 Å². The average Bonchev–Trinajstić information content (AvgIpc) is 3.40. The van der Waals surface area contributed by atoms with Gasteiger partial charge in [-0.2, -0.15) is 4.31 Å². The standard InChI is InChI=1S/C25H26N2O8S/c1-32-25(29)16-4-6-20(7-5-16)36(30,31)27(15-19-3-2-8-33-19)14-18-11-17-12-22-23(35-10-9-34-22)13-21(17)26-24(18)28/h4-7,11-13,19H,2-3,8-10,14-15H2,1H3,(H,26,28)/t19-/m0/s1. The number of carbonyl (C=O) groups excluding carboxylic acids is 1. The summed E-state index contributed by atoms with van der Waals surface area (Å²) in [5.74, 6) is 0.561. The Labute approximate surface area is 207 Å². The minimum absolute atomic E-state index is 0.00462. The molecule has 2 aromatic carbocycles. The quantitative estimate of drug-likeness (QED) is 0.477. The van der Waals surface area contributed by atoms with Crippen LogP contribution in [-0.2, 0) is 26.0 Å². The van der Waals surface area contributed by atoms with Crippen molar-refractivity contribution >= 4 is 26.9 Å². The van der Waals surface area contributed by atoms with Crippen LogP contribution in [0.15, 0.2) is 52.2 Å². The molecule has 0 saturated carbocycles. The van der Waals surface area contributed by atoms with Crippen molar-refractivity contribution in [2.24, 2.45) is 0 Å². The van der Waals surface area contributed by atoms with Gasteiger partial charge < -0.3 is 23.9 Å². The summed E-state index contributed by atoms with van der Waals surface area (Å²) in [7, 11) is -2.76. The van der Waals surface area contributed by atoms with Gasteiger partial charge in [0, 0.05) is 36.7 Å². The van der Waals surface area contributed by atoms with Crippen LogP contribution in [-0.4, -0.2) is 63.3 Å². The predicted molar refractivity (Wildman–Crippen MR) is 130 cm³/mol. The molecule has 1 aromatic heterocycles. The molecule has 1 saturated heterocycles. The van der Waals surface area contributed by atoms with Crippen LogP contribution in [0.5, 0.6) is 11.5 Å². The van der Waals surface area contributed by atoms with E-state index in [-0.39, 0.29) is 35.2 Å². The zero-order chi connectivity index (χ0) is 25.3. The number of H-pyrrole nitrogens is 1. The van der Waals surface area contributed by atoms with Crippen LogP contribution in [0.3, 0.4) is 0 Å². The van der Waals surface area contributed by atoms with Crippen LogP contribution in [0.2, 0.25) is 0 Å². The molecule has 0 aliphatic carbocycles. The van der Waals surface area contributed by atoms with Crippen LogP contribution in [0.25, 0.3) is 10.9 Å². The van der Waals surface area contributed by atoms with Crippen molar-refractivity contribution in [2.45, 2.75) is 30.4 Å². The average molecular weight is 515 g/mol. The third-order valence-corrected chi connectivity index (χ3v) is 8.10. The molecule has 190 valence electrons. The van der Waals surface area contributed by atoms with Gasteiger partial charge in [0.2, 0.25) is 10.0 Å². The number of aromatic amines is 1. The zero-order valence-electron chi connectivity index (χ0n) is 19.7. The number of hydrogen-bond donors (Lipinski definition) is 1. The van der Waals surface area contributed by atoms with Crippen LogP contribution in [0, 0.1) is 0 Å². The first-order valence-corrected chi connectivity index (χ1v) is 13.0. The lowest BCUT2D eigenvalue weighted by molar-refractivity contribution is 0.0600. The number of benzene rings is 2. The second kappa shape index (κ2) is 9.92. The van der Waals surface area contributed by atoms with Crippen LogP contribution < -0.4 is 15.0 Å². The molecule has 11 heteroatoms. The molecule has 0 radical (unpaired) electrons. The second-order valence-corrected chi connectivity index (χ2v) is 10.6. The summed E-state index contributed by atoms with van der Waals surface area (Å²) in [6.07, 6.45) is 1.30. The summed E-state index contributed by atoms with van der Waals surface area (Å²) < 4.78 is 50.2. The van der Waals surface area contributed by atoms with Gasteiger partial charge in [-0.05, 0) is 49.2 Å². The van der Waals surface area contributed by atoms with E-state index in [1.165, 1.54) is 35.7 Å². The Morgan fingerprint density at radius 1 is 1.08 bits per heavy atom. The number of sulfonamides is 1. The van der Waals surface area contributed by atoms with E-state index in [4.69, 9.17) is 14.2 Å². The van der Waals surface area contributed by atoms with Gasteiger partial charge in [-0.25, -0.2) is 13.2 Å². The summed E-state index contributed by atoms with van der Waals surface area (Å²) in [6, 6.07) is 10.7. The van der Waals surface area contributed by atoms with Crippen molar-refractivity contribution < 1.29 is 32.2 Å². The minimum atomic E-state index is -4.02. The maximum Gasteiger partial charge on any atom is 0.337 e. The van der Waals surface area contributed by atoms with Crippen molar-refractivity contribution in [2.75, 3.05) is 33.5 Å². The number of carbonyl (C=O) groups is 1. The smallest absolute Gasteiger partial charge is 0.337 e. The molecular weight excluding hydrogens is 488 g/mol. The summed E-state index contributed by atoms with van der Waals surface area (Å²) >= 11 is 0. The van der Waals surface area contributed by atoms with Crippen LogP contribution >= 0.6 is 0 Å². The summed E-state index contributed by atoms with van der Waals surface area (Å²) in [6.45, 7) is 1.37. The Balaban J connectivity index is 1.50. The largest absolute Gasteiger partial charge is 0.486 e. The monoisotopic (exact) mass is 514 g/mol. The van der Waals surface area contributed by atoms with Gasteiger partial charge in [-0.15, -0.1) is 0 Å². The van der Waals surface area contributed by atoms with E-state index >= 15 is 0 Å². The highest BCUT2D eigenvalue weighted by Gasteiger charge is 2.30. The number of rotatable bonds is 7. The minimum Gasteiger partial charge on any atom is -0.486 e. The number of nitrogens with zero attached hydrogens (tertiary/aromatic N) is 1. The Hall–Kier alpha value is -3.41. The highest BCUT2D eigenvalue weighted by atomic mass is 32.2. The van der Waals surface area contributed by atoms with E-state index in [1.54, 1.807) is 18.2 Å². The molecule has 0 unspecified atom stereocenters. The Bertz CT molecular complexity index is 1440. The van der Waals surface area contributed by atoms with Gasteiger partial charge >= 0.3 is 5.97 Å². The van der Waals surface area contributed by atoms with Crippen molar-refractivity contribution in [3.8, 4) is 11.5 Å². The number of fused-ring (bicyclic) bond motifs is 2. The molecule has 1 atom stereocenters. The van der Waals surface area contributed by atoms with Gasteiger partial charge in [-0.3, -0.25) is 4.79 Å². The molecule has 3 aromatic rings. The number of hydrogen-bond acceptors (Lipinski definition) is 8. The maximum absolute atomic E-state index is 13.6. The number of aromatic nitrogens is 1. The number of methoxy groups -OCH3 is 1. The van der Waals surface area contributed by atoms with Crippen molar-refractivity contribution in [3.63, 3.8) is 0 Å². The van der Waals surface area contributed by atoms with Gasteiger partial charge in [0.15, 0.2) is 11.5 Å². The Kier molecular flexibility index (Phi) is 6.69. The molecule has 3 heterocycles. The van der Waals surface area contributed by atoms with Gasteiger partial charge in [0.1, 0.15) is 13.2 Å². The lowest BCUT2D eigenvalue weighted by Gasteiger charge is -2.25. The third kappa shape index (κ3) is 4.81. The van der Waals surface area contributed by atoms with Gasteiger partial charge in [-0.1, -0.05) is 0 Å². The molecule has 0 bridgehead atoms. The first-order chi connectivity index (χ1) is 17.3. The Morgan fingerprint density at radius 3 is 2.47 bits per heavy atom. The fraction of sp³-hybridized carbons (Fsp3) is 0.360. The lowest BCUT2D eigenvalue weighted by Crippen LogP contribution is -2.38. The topological polar surface area (TPSA) is 124 Å². The number of ether oxygens (including phenoxy) is 4. The summed E-state index contributed by atoms with van der Waals surface area (Å²) in [5.41, 5.74) is 0.697. The molecular formula is C25H26N2O8S. The SMILES string of the molecule is COC(=O)c1ccc(S(=O)(=O)N(Cc2cc3cc4c(cc3[nH]c2=O)OCCO4)C[C@@H]2CCCO2)cc1. The van der Waals surface area contributed by atoms with E-state index in [0.717, 1.165) is 12.8 Å². The first kappa shape index (κ1) is 24.3. The van der Waals surface area contributed by atoms with Crippen LogP contribution in [0.4, 0.5) is 0 Å². The van der Waals surface area contributed by atoms with E-state index in [9.17, 15) is 18.0 Å². The number of nitrogens with one attached hydrogen (secondary N) is 1. The van der Waals surface area contributed by atoms with Gasteiger partial charge in [0.25, 0.3) is 5.56 Å². The highest BCUT2D eigenvalue weighted by molar-refractivity contribution is 7.89. The molecule has 0 amide bonds. The molecule has 5 rings (SSSR count). The highest BCUT2D eigenvalue weighted by Crippen LogP contribution is 2.34. The third-order valence-electron chi connectivity index (χ3n) is 6.28. The molecule has 2 aliphatic rings. The zero-order valence-corrected chi connectivity index (χ0v) is 20.5.